The van der Waals surface area contributed by atoms with Gasteiger partial charge in [0.05, 0.1) is 12.5 Å². The molecule has 0 fully saturated rings. The number of hydrogen-bond acceptors (Lipinski definition) is 6. The monoisotopic (exact) mass is 448 g/mol. The molecule has 0 saturated heterocycles. The smallest absolute Gasteiger partial charge is 0.315 e. The molecule has 9 heteroatoms. The lowest BCUT2D eigenvalue weighted by Gasteiger charge is -2.22. The van der Waals surface area contributed by atoms with Crippen LogP contribution in [0.15, 0.2) is 53.4 Å². The summed E-state index contributed by atoms with van der Waals surface area (Å²) >= 11 is 3.32. The molecular weight excluding hydrogens is 424 g/mol. The molecule has 0 aliphatic carbocycles. The molecule has 2 aromatic carbocycles. The van der Waals surface area contributed by atoms with Crippen LogP contribution in [0.3, 0.4) is 0 Å². The molecule has 1 aliphatic heterocycles. The van der Waals surface area contributed by atoms with Crippen LogP contribution >= 0.6 is 23.5 Å². The molecule has 0 aromatic heterocycles. The van der Waals surface area contributed by atoms with Crippen LogP contribution < -0.4 is 20.1 Å². The summed E-state index contributed by atoms with van der Waals surface area (Å²) in [5.41, 5.74) is 0.650. The van der Waals surface area contributed by atoms with E-state index in [1.54, 1.807) is 41.7 Å². The van der Waals surface area contributed by atoms with Crippen molar-refractivity contribution < 1.29 is 24.2 Å². The molecule has 0 radical (unpaired) electrons. The van der Waals surface area contributed by atoms with Crippen LogP contribution in [-0.2, 0) is 4.79 Å². The Morgan fingerprint density at radius 3 is 2.57 bits per heavy atom. The number of hydrogen-bond donors (Lipinski definition) is 3. The molecule has 30 heavy (non-hydrogen) atoms. The number of aliphatic carboxylic acids is 1. The SMILES string of the molecule is CSC[C@@H](CSc1ccccc1)NC(=O)N[C@@H](CC(=O)O)c1ccc2c(c1)OCO2. The topological polar surface area (TPSA) is 96.9 Å². The van der Waals surface area contributed by atoms with E-state index in [4.69, 9.17) is 9.47 Å². The Labute approximate surface area is 183 Å². The zero-order chi connectivity index (χ0) is 21.3. The Morgan fingerprint density at radius 2 is 1.83 bits per heavy atom. The van der Waals surface area contributed by atoms with Crippen molar-refractivity contribution in [2.45, 2.75) is 23.4 Å². The van der Waals surface area contributed by atoms with Crippen LogP contribution in [0.2, 0.25) is 0 Å². The number of urea groups is 1. The largest absolute Gasteiger partial charge is 0.481 e. The van der Waals surface area contributed by atoms with E-state index in [-0.39, 0.29) is 19.3 Å². The van der Waals surface area contributed by atoms with Gasteiger partial charge in [0.1, 0.15) is 0 Å². The molecule has 7 nitrogen and oxygen atoms in total. The van der Waals surface area contributed by atoms with E-state index in [1.807, 2.05) is 36.6 Å². The minimum Gasteiger partial charge on any atom is -0.481 e. The van der Waals surface area contributed by atoms with Gasteiger partial charge in [0.25, 0.3) is 0 Å². The van der Waals surface area contributed by atoms with E-state index in [9.17, 15) is 14.7 Å². The number of thioether (sulfide) groups is 2. The number of ether oxygens (including phenoxy) is 2. The van der Waals surface area contributed by atoms with Crippen LogP contribution in [0, 0.1) is 0 Å². The lowest BCUT2D eigenvalue weighted by atomic mass is 10.0. The zero-order valence-corrected chi connectivity index (χ0v) is 18.1. The third-order valence-electron chi connectivity index (χ3n) is 4.38. The highest BCUT2D eigenvalue weighted by molar-refractivity contribution is 8.00. The van der Waals surface area contributed by atoms with E-state index in [0.717, 1.165) is 10.6 Å². The standard InChI is InChI=1S/C21H24N2O5S2/c1-29-11-15(12-30-16-5-3-2-4-6-16)22-21(26)23-17(10-20(24)25)14-7-8-18-19(9-14)28-13-27-18/h2-9,15,17H,10-13H2,1H3,(H,24,25)(H2,22,23,26)/t15-,17-/m0/s1. The second-order valence-corrected chi connectivity index (χ2v) is 8.66. The minimum atomic E-state index is -1.00. The number of carbonyl (C=O) groups is 2. The lowest BCUT2D eigenvalue weighted by Crippen LogP contribution is -2.46. The first-order valence-electron chi connectivity index (χ1n) is 9.40. The molecule has 0 spiro atoms. The predicted molar refractivity (Wildman–Crippen MR) is 119 cm³/mol. The van der Waals surface area contributed by atoms with Gasteiger partial charge in [-0.15, -0.1) is 11.8 Å². The van der Waals surface area contributed by atoms with E-state index in [1.165, 1.54) is 0 Å². The summed E-state index contributed by atoms with van der Waals surface area (Å²) in [4.78, 5) is 25.1. The molecule has 2 atom stereocenters. The van der Waals surface area contributed by atoms with Gasteiger partial charge in [-0.25, -0.2) is 4.79 Å². The van der Waals surface area contributed by atoms with E-state index < -0.39 is 18.0 Å². The fourth-order valence-electron chi connectivity index (χ4n) is 2.99. The molecule has 2 amide bonds. The van der Waals surface area contributed by atoms with Crippen molar-refractivity contribution in [3.8, 4) is 11.5 Å². The summed E-state index contributed by atoms with van der Waals surface area (Å²) in [6.45, 7) is 0.131. The molecule has 0 saturated carbocycles. The molecular formula is C21H24N2O5S2. The van der Waals surface area contributed by atoms with Crippen molar-refractivity contribution in [1.82, 2.24) is 10.6 Å². The maximum absolute atomic E-state index is 12.6. The van der Waals surface area contributed by atoms with E-state index in [0.29, 0.717) is 22.8 Å². The first-order chi connectivity index (χ1) is 14.5. The van der Waals surface area contributed by atoms with Crippen molar-refractivity contribution >= 4 is 35.5 Å². The summed E-state index contributed by atoms with van der Waals surface area (Å²) in [6.07, 6.45) is 1.75. The van der Waals surface area contributed by atoms with E-state index in [2.05, 4.69) is 10.6 Å². The Morgan fingerprint density at radius 1 is 1.07 bits per heavy atom. The van der Waals surface area contributed by atoms with Gasteiger partial charge in [-0.2, -0.15) is 11.8 Å². The van der Waals surface area contributed by atoms with Gasteiger partial charge in [-0.3, -0.25) is 4.79 Å². The average molecular weight is 449 g/mol. The highest BCUT2D eigenvalue weighted by Gasteiger charge is 2.23. The molecule has 1 aliphatic rings. The fourth-order valence-corrected chi connectivity index (χ4v) is 4.69. The number of carboxylic acids is 1. The number of carbonyl (C=O) groups excluding carboxylic acids is 1. The number of nitrogens with one attached hydrogen (secondary N) is 2. The van der Waals surface area contributed by atoms with Crippen LogP contribution in [0.4, 0.5) is 4.79 Å². The number of carboxylic acid groups (broad SMARTS) is 1. The Hall–Kier alpha value is -2.52. The van der Waals surface area contributed by atoms with Crippen molar-refractivity contribution in [3.05, 3.63) is 54.1 Å². The number of rotatable bonds is 10. The van der Waals surface area contributed by atoms with Gasteiger partial charge in [0.15, 0.2) is 11.5 Å². The van der Waals surface area contributed by atoms with Crippen molar-refractivity contribution in [2.75, 3.05) is 24.6 Å². The zero-order valence-electron chi connectivity index (χ0n) is 16.5. The van der Waals surface area contributed by atoms with Crippen molar-refractivity contribution in [2.24, 2.45) is 0 Å². The Balaban J connectivity index is 1.62. The second kappa shape index (κ2) is 11.0. The van der Waals surface area contributed by atoms with Crippen LogP contribution in [0.5, 0.6) is 11.5 Å². The summed E-state index contributed by atoms with van der Waals surface area (Å²) in [6, 6.07) is 14.0. The summed E-state index contributed by atoms with van der Waals surface area (Å²) < 4.78 is 10.7. The molecule has 3 N–H and O–H groups in total. The first kappa shape index (κ1) is 22.2. The normalized spacial score (nSPS) is 14.0. The van der Waals surface area contributed by atoms with Gasteiger partial charge in [0.2, 0.25) is 6.79 Å². The number of benzene rings is 2. The second-order valence-electron chi connectivity index (χ2n) is 6.66. The Bertz CT molecular complexity index is 866. The first-order valence-corrected chi connectivity index (χ1v) is 11.8. The Kier molecular flexibility index (Phi) is 8.15. The van der Waals surface area contributed by atoms with Crippen LogP contribution in [0.1, 0.15) is 18.0 Å². The quantitative estimate of drug-likeness (QED) is 0.476. The van der Waals surface area contributed by atoms with Crippen LogP contribution in [-0.4, -0.2) is 47.7 Å². The summed E-state index contributed by atoms with van der Waals surface area (Å²) in [7, 11) is 0. The molecule has 0 bridgehead atoms. The van der Waals surface area contributed by atoms with Gasteiger partial charge in [0, 0.05) is 22.4 Å². The van der Waals surface area contributed by atoms with Gasteiger partial charge >= 0.3 is 12.0 Å². The third-order valence-corrected chi connectivity index (χ3v) is 6.29. The van der Waals surface area contributed by atoms with E-state index >= 15 is 0 Å². The maximum Gasteiger partial charge on any atom is 0.315 e. The van der Waals surface area contributed by atoms with Crippen molar-refractivity contribution in [3.63, 3.8) is 0 Å². The molecule has 0 unspecified atom stereocenters. The third kappa shape index (κ3) is 6.50. The van der Waals surface area contributed by atoms with Crippen molar-refractivity contribution in [1.29, 1.82) is 0 Å². The van der Waals surface area contributed by atoms with Gasteiger partial charge in [-0.05, 0) is 36.1 Å². The predicted octanol–water partition coefficient (Wildman–Crippen LogP) is 3.75. The molecule has 160 valence electrons. The molecule has 1 heterocycles. The number of fused-ring (bicyclic) bond motifs is 1. The summed E-state index contributed by atoms with van der Waals surface area (Å²) in [5.74, 6) is 1.62. The fraction of sp³-hybridized carbons (Fsp3) is 0.333. The maximum atomic E-state index is 12.6. The van der Waals surface area contributed by atoms with Gasteiger partial charge in [-0.1, -0.05) is 24.3 Å². The molecule has 3 rings (SSSR count). The van der Waals surface area contributed by atoms with Gasteiger partial charge < -0.3 is 25.2 Å². The highest BCUT2D eigenvalue weighted by atomic mass is 32.2. The number of amides is 2. The molecule has 2 aromatic rings. The highest BCUT2D eigenvalue weighted by Crippen LogP contribution is 2.34. The summed E-state index contributed by atoms with van der Waals surface area (Å²) in [5, 5.41) is 15.1. The minimum absolute atomic E-state index is 0.0626. The van der Waals surface area contributed by atoms with Crippen LogP contribution in [0.25, 0.3) is 0 Å². The lowest BCUT2D eigenvalue weighted by molar-refractivity contribution is -0.137. The average Bonchev–Trinajstić information content (AvgIpc) is 3.20.